The van der Waals surface area contributed by atoms with E-state index in [1.54, 1.807) is 43.0 Å². The molecule has 0 bridgehead atoms. The van der Waals surface area contributed by atoms with E-state index < -0.39 is 11.9 Å². The van der Waals surface area contributed by atoms with E-state index in [1.165, 1.54) is 4.90 Å². The number of benzene rings is 1. The van der Waals surface area contributed by atoms with Crippen LogP contribution < -0.4 is 0 Å². The van der Waals surface area contributed by atoms with Crippen LogP contribution in [0, 0.1) is 6.92 Å². The number of nitrogens with zero attached hydrogens (tertiary/aromatic N) is 2. The number of fused-ring (bicyclic) bond motifs is 2. The zero-order valence-electron chi connectivity index (χ0n) is 16.2. The van der Waals surface area contributed by atoms with E-state index in [0.29, 0.717) is 26.2 Å². The highest BCUT2D eigenvalue weighted by Gasteiger charge is 2.39. The monoisotopic (exact) mass is 396 g/mol. The Morgan fingerprint density at radius 3 is 2.21 bits per heavy atom. The summed E-state index contributed by atoms with van der Waals surface area (Å²) < 4.78 is 10.6. The van der Waals surface area contributed by atoms with Gasteiger partial charge in [-0.15, -0.1) is 0 Å². The molecule has 8 heteroatoms. The molecule has 2 aromatic rings. The first-order valence-electron chi connectivity index (χ1n) is 9.46. The summed E-state index contributed by atoms with van der Waals surface area (Å²) in [7, 11) is 0. The summed E-state index contributed by atoms with van der Waals surface area (Å²) in [5, 5.41) is 0. The fourth-order valence-electron chi connectivity index (χ4n) is 3.78. The first-order chi connectivity index (χ1) is 13.9. The predicted molar refractivity (Wildman–Crippen MR) is 101 cm³/mol. The van der Waals surface area contributed by atoms with Crippen molar-refractivity contribution in [3.05, 3.63) is 58.0 Å². The number of furan rings is 1. The van der Waals surface area contributed by atoms with Crippen LogP contribution in [0.15, 0.2) is 28.7 Å². The number of ether oxygens (including phenoxy) is 1. The Bertz CT molecular complexity index is 1030. The highest BCUT2D eigenvalue weighted by atomic mass is 16.6. The summed E-state index contributed by atoms with van der Waals surface area (Å²) in [6.45, 7) is 4.87. The number of hydrogen-bond donors (Lipinski definition) is 0. The molecule has 8 nitrogen and oxygen atoms in total. The largest absolute Gasteiger partial charge is 0.456 e. The molecule has 1 aliphatic carbocycles. The molecular weight excluding hydrogens is 376 g/mol. The predicted octanol–water partition coefficient (Wildman–Crippen LogP) is 2.28. The lowest BCUT2D eigenvalue weighted by molar-refractivity contribution is 0.0567. The van der Waals surface area contributed by atoms with Gasteiger partial charge in [-0.25, -0.2) is 4.79 Å². The number of rotatable bonds is 2. The van der Waals surface area contributed by atoms with E-state index in [2.05, 4.69) is 0 Å². The highest BCUT2D eigenvalue weighted by molar-refractivity contribution is 6.30. The van der Waals surface area contributed by atoms with Crippen molar-refractivity contribution in [2.45, 2.75) is 13.8 Å². The minimum Gasteiger partial charge on any atom is -0.456 e. The van der Waals surface area contributed by atoms with Crippen molar-refractivity contribution >= 4 is 23.6 Å². The van der Waals surface area contributed by atoms with Gasteiger partial charge in [-0.05, 0) is 13.8 Å². The lowest BCUT2D eigenvalue weighted by Crippen LogP contribution is -2.51. The van der Waals surface area contributed by atoms with Crippen molar-refractivity contribution in [1.29, 1.82) is 0 Å². The van der Waals surface area contributed by atoms with Crippen LogP contribution in [0.25, 0.3) is 0 Å². The van der Waals surface area contributed by atoms with Gasteiger partial charge < -0.3 is 19.0 Å². The third-order valence-electron chi connectivity index (χ3n) is 5.24. The molecule has 0 atom stereocenters. The first kappa shape index (κ1) is 18.9. The smallest absolute Gasteiger partial charge is 0.409 e. The average Bonchev–Trinajstić information content (AvgIpc) is 3.09. The fraction of sp³-hybridized carbons (Fsp3) is 0.333. The van der Waals surface area contributed by atoms with Crippen molar-refractivity contribution in [3.8, 4) is 0 Å². The van der Waals surface area contributed by atoms with E-state index in [4.69, 9.17) is 9.15 Å². The molecule has 1 aromatic carbocycles. The maximum atomic E-state index is 13.2. The van der Waals surface area contributed by atoms with Gasteiger partial charge in [0, 0.05) is 37.3 Å². The van der Waals surface area contributed by atoms with E-state index in [0.717, 1.165) is 0 Å². The summed E-state index contributed by atoms with van der Waals surface area (Å²) in [5.74, 6) is -1.01. The second-order valence-corrected chi connectivity index (χ2v) is 6.92. The zero-order valence-corrected chi connectivity index (χ0v) is 16.2. The van der Waals surface area contributed by atoms with Gasteiger partial charge in [0.1, 0.15) is 5.76 Å². The Morgan fingerprint density at radius 1 is 1.00 bits per heavy atom. The topological polar surface area (TPSA) is 97.1 Å². The number of ketones is 2. The van der Waals surface area contributed by atoms with Crippen LogP contribution in [0.2, 0.25) is 0 Å². The fourth-order valence-corrected chi connectivity index (χ4v) is 3.78. The van der Waals surface area contributed by atoms with Gasteiger partial charge in [0.15, 0.2) is 11.5 Å². The van der Waals surface area contributed by atoms with Crippen LogP contribution in [0.4, 0.5) is 4.79 Å². The van der Waals surface area contributed by atoms with Gasteiger partial charge in [-0.3, -0.25) is 14.4 Å². The third kappa shape index (κ3) is 3.00. The molecule has 4 rings (SSSR count). The molecule has 0 saturated carbocycles. The first-order valence-corrected chi connectivity index (χ1v) is 9.46. The van der Waals surface area contributed by atoms with E-state index in [-0.39, 0.29) is 52.1 Å². The minimum atomic E-state index is -0.408. The molecule has 2 amide bonds. The van der Waals surface area contributed by atoms with Crippen LogP contribution in [-0.2, 0) is 4.74 Å². The molecule has 1 aliphatic heterocycles. The third-order valence-corrected chi connectivity index (χ3v) is 5.24. The maximum Gasteiger partial charge on any atom is 0.409 e. The average molecular weight is 396 g/mol. The highest BCUT2D eigenvalue weighted by Crippen LogP contribution is 2.33. The normalized spacial score (nSPS) is 15.8. The van der Waals surface area contributed by atoms with Crippen LogP contribution >= 0.6 is 0 Å². The van der Waals surface area contributed by atoms with Gasteiger partial charge in [-0.2, -0.15) is 0 Å². The number of amides is 2. The van der Waals surface area contributed by atoms with Crippen molar-refractivity contribution in [3.63, 3.8) is 0 Å². The summed E-state index contributed by atoms with van der Waals surface area (Å²) >= 11 is 0. The van der Waals surface area contributed by atoms with Crippen molar-refractivity contribution in [1.82, 2.24) is 9.80 Å². The number of aryl methyl sites for hydroxylation is 1. The summed E-state index contributed by atoms with van der Waals surface area (Å²) in [6, 6.07) is 6.51. The number of piperazine rings is 1. The molecule has 1 saturated heterocycles. The van der Waals surface area contributed by atoms with E-state index >= 15 is 0 Å². The Hall–Kier alpha value is -3.42. The molecule has 150 valence electrons. The van der Waals surface area contributed by atoms with Crippen LogP contribution in [0.5, 0.6) is 0 Å². The lowest BCUT2D eigenvalue weighted by Gasteiger charge is -2.34. The molecule has 1 fully saturated rings. The van der Waals surface area contributed by atoms with Gasteiger partial charge in [0.05, 0.1) is 17.7 Å². The van der Waals surface area contributed by atoms with Gasteiger partial charge in [0.25, 0.3) is 5.91 Å². The second kappa shape index (κ2) is 7.20. The van der Waals surface area contributed by atoms with Crippen molar-refractivity contribution < 1.29 is 28.3 Å². The quantitative estimate of drug-likeness (QED) is 0.659. The molecule has 0 unspecified atom stereocenters. The second-order valence-electron chi connectivity index (χ2n) is 6.92. The van der Waals surface area contributed by atoms with Crippen molar-refractivity contribution in [2.24, 2.45) is 0 Å². The molecule has 2 aliphatic rings. The number of carbonyl (C=O) groups is 4. The van der Waals surface area contributed by atoms with E-state index in [9.17, 15) is 19.2 Å². The molecule has 1 aromatic heterocycles. The van der Waals surface area contributed by atoms with Gasteiger partial charge in [0.2, 0.25) is 5.78 Å². The molecule has 2 heterocycles. The van der Waals surface area contributed by atoms with Crippen LogP contribution in [-0.4, -0.2) is 66.2 Å². The Balaban J connectivity index is 1.62. The van der Waals surface area contributed by atoms with Crippen molar-refractivity contribution in [2.75, 3.05) is 32.8 Å². The van der Waals surface area contributed by atoms with Crippen LogP contribution in [0.1, 0.15) is 55.1 Å². The maximum absolute atomic E-state index is 13.2. The van der Waals surface area contributed by atoms with E-state index in [1.807, 2.05) is 0 Å². The lowest BCUT2D eigenvalue weighted by atomic mass is 9.86. The summed E-state index contributed by atoms with van der Waals surface area (Å²) in [6.07, 6.45) is -0.408. The Kier molecular flexibility index (Phi) is 4.70. The summed E-state index contributed by atoms with van der Waals surface area (Å²) in [4.78, 5) is 53.9. The van der Waals surface area contributed by atoms with Gasteiger partial charge >= 0.3 is 6.09 Å². The molecule has 0 radical (unpaired) electrons. The number of carbonyl (C=O) groups excluding carboxylic acids is 4. The standard InChI is InChI=1S/C21H20N2O6/c1-3-28-21(27)23-10-8-22(9-11-23)20(26)15-12(2)29-19-16(15)17(24)13-6-4-5-7-14(13)18(19)25/h4-7H,3,8-11H2,1-2H3. The Labute approximate surface area is 167 Å². The number of hydrogen-bond acceptors (Lipinski definition) is 6. The van der Waals surface area contributed by atoms with Gasteiger partial charge in [-0.1, -0.05) is 24.3 Å². The minimum absolute atomic E-state index is 0.0315. The molecule has 0 spiro atoms. The van der Waals surface area contributed by atoms with Crippen LogP contribution in [0.3, 0.4) is 0 Å². The molecular formula is C21H20N2O6. The zero-order chi connectivity index (χ0) is 20.7. The Morgan fingerprint density at radius 2 is 1.59 bits per heavy atom. The molecule has 0 N–H and O–H groups in total. The molecule has 29 heavy (non-hydrogen) atoms. The SMILES string of the molecule is CCOC(=O)N1CCN(C(=O)c2c(C)oc3c2C(=O)c2ccccc2C3=O)CC1. The summed E-state index contributed by atoms with van der Waals surface area (Å²) in [5.41, 5.74) is 0.703.